The van der Waals surface area contributed by atoms with Crippen LogP contribution in [0.5, 0.6) is 0 Å². The van der Waals surface area contributed by atoms with Crippen LogP contribution in [0.1, 0.15) is 43.5 Å². The largest absolute Gasteiger partial charge is 0.454 e. The minimum absolute atomic E-state index is 0.0830. The number of ketones is 1. The number of alkyl halides is 3. The Morgan fingerprint density at radius 3 is 2.35 bits per heavy atom. The van der Waals surface area contributed by atoms with Crippen LogP contribution in [0.4, 0.5) is 13.2 Å². The summed E-state index contributed by atoms with van der Waals surface area (Å²) in [7, 11) is 0. The molecule has 1 saturated heterocycles. The lowest BCUT2D eigenvalue weighted by atomic mass is 9.97. The van der Waals surface area contributed by atoms with E-state index in [0.29, 0.717) is 5.52 Å². The summed E-state index contributed by atoms with van der Waals surface area (Å²) >= 11 is 0. The molecule has 0 aliphatic carbocycles. The van der Waals surface area contributed by atoms with Crippen molar-refractivity contribution in [2.45, 2.75) is 57.9 Å². The molecule has 2 heterocycles. The monoisotopic (exact) mass is 366 g/mol. The average molecular weight is 366 g/mol. The van der Waals surface area contributed by atoms with Gasteiger partial charge < -0.3 is 9.47 Å². The van der Waals surface area contributed by atoms with Crippen molar-refractivity contribution in [2.24, 2.45) is 0 Å². The zero-order valence-electron chi connectivity index (χ0n) is 14.7. The number of likely N-dealkylation sites (tertiary alicyclic amines) is 1. The van der Waals surface area contributed by atoms with E-state index in [4.69, 9.17) is 0 Å². The number of carbonyl (C=O) groups is 2. The number of piperidine rings is 1. The first kappa shape index (κ1) is 18.5. The highest BCUT2D eigenvalue weighted by Crippen LogP contribution is 2.29. The minimum Gasteiger partial charge on any atom is -0.337 e. The first-order chi connectivity index (χ1) is 12.2. The van der Waals surface area contributed by atoms with Crippen molar-refractivity contribution in [2.75, 3.05) is 0 Å². The van der Waals surface area contributed by atoms with Crippen LogP contribution in [0.3, 0.4) is 0 Å². The van der Waals surface area contributed by atoms with Crippen molar-refractivity contribution in [3.63, 3.8) is 0 Å². The second-order valence-corrected chi connectivity index (χ2v) is 6.94. The Morgan fingerprint density at radius 1 is 1.12 bits per heavy atom. The van der Waals surface area contributed by atoms with Crippen LogP contribution >= 0.6 is 0 Å². The molecule has 1 aliphatic rings. The van der Waals surface area contributed by atoms with Gasteiger partial charge in [-0.05, 0) is 39.2 Å². The number of Topliss-reactive ketones (excluding diaryl/α,β-unsaturated/α-hetero) is 1. The van der Waals surface area contributed by atoms with Crippen molar-refractivity contribution in [1.82, 2.24) is 9.47 Å². The molecule has 1 aromatic carbocycles. The summed E-state index contributed by atoms with van der Waals surface area (Å²) in [5, 5.41) is 0.211. The molecule has 1 aromatic heterocycles. The van der Waals surface area contributed by atoms with Crippen LogP contribution in [0.2, 0.25) is 0 Å². The van der Waals surface area contributed by atoms with E-state index in [1.54, 1.807) is 18.2 Å². The molecular formula is C19H21F3N2O2. The Morgan fingerprint density at radius 2 is 1.73 bits per heavy atom. The van der Waals surface area contributed by atoms with Crippen molar-refractivity contribution >= 4 is 22.6 Å². The average Bonchev–Trinajstić information content (AvgIpc) is 2.92. The van der Waals surface area contributed by atoms with E-state index in [2.05, 4.69) is 0 Å². The summed E-state index contributed by atoms with van der Waals surface area (Å²) < 4.78 is 40.1. The second-order valence-electron chi connectivity index (χ2n) is 6.94. The van der Waals surface area contributed by atoms with E-state index in [-0.39, 0.29) is 29.9 Å². The van der Waals surface area contributed by atoms with E-state index in [9.17, 15) is 22.8 Å². The van der Waals surface area contributed by atoms with Gasteiger partial charge in [0.15, 0.2) is 0 Å². The number of para-hydroxylation sites is 1. The van der Waals surface area contributed by atoms with Crippen LogP contribution in [0, 0.1) is 0 Å². The molecule has 0 saturated carbocycles. The van der Waals surface area contributed by atoms with Gasteiger partial charge in [0, 0.05) is 29.2 Å². The first-order valence-corrected chi connectivity index (χ1v) is 8.70. The highest BCUT2D eigenvalue weighted by molar-refractivity contribution is 6.10. The number of carbonyl (C=O) groups excluding carboxylic acids is 2. The number of fused-ring (bicyclic) bond motifs is 1. The van der Waals surface area contributed by atoms with Gasteiger partial charge in [0.2, 0.25) is 5.91 Å². The number of amides is 1. The Balaban J connectivity index is 1.96. The second kappa shape index (κ2) is 6.78. The number of benzene rings is 1. The lowest BCUT2D eigenvalue weighted by Gasteiger charge is -2.39. The molecule has 2 aromatic rings. The fourth-order valence-corrected chi connectivity index (χ4v) is 3.85. The summed E-state index contributed by atoms with van der Waals surface area (Å²) in [5.74, 6) is -2.03. The maximum atomic E-state index is 12.9. The molecular weight excluding hydrogens is 345 g/mol. The van der Waals surface area contributed by atoms with E-state index >= 15 is 0 Å². The Bertz CT molecular complexity index is 831. The number of rotatable bonds is 3. The highest BCUT2D eigenvalue weighted by atomic mass is 19.4. The van der Waals surface area contributed by atoms with E-state index in [1.165, 1.54) is 10.6 Å². The Hall–Kier alpha value is -2.31. The van der Waals surface area contributed by atoms with Crippen LogP contribution < -0.4 is 0 Å². The highest BCUT2D eigenvalue weighted by Gasteiger charge is 2.41. The van der Waals surface area contributed by atoms with Gasteiger partial charge in [0.05, 0.1) is 5.56 Å². The van der Waals surface area contributed by atoms with Crippen molar-refractivity contribution < 1.29 is 22.8 Å². The van der Waals surface area contributed by atoms with Crippen molar-refractivity contribution in [1.29, 1.82) is 0 Å². The Kier molecular flexibility index (Phi) is 4.82. The fourth-order valence-electron chi connectivity index (χ4n) is 3.85. The molecule has 1 fully saturated rings. The molecule has 0 radical (unpaired) electrons. The van der Waals surface area contributed by atoms with Crippen LogP contribution in [0.15, 0.2) is 30.5 Å². The van der Waals surface area contributed by atoms with Crippen molar-refractivity contribution in [3.05, 3.63) is 36.0 Å². The first-order valence-electron chi connectivity index (χ1n) is 8.70. The molecule has 4 nitrogen and oxygen atoms in total. The molecule has 3 rings (SSSR count). The van der Waals surface area contributed by atoms with Gasteiger partial charge in [0.25, 0.3) is 5.78 Å². The molecule has 1 aliphatic heterocycles. The van der Waals surface area contributed by atoms with Crippen molar-refractivity contribution in [3.8, 4) is 0 Å². The van der Waals surface area contributed by atoms with Gasteiger partial charge in [-0.2, -0.15) is 13.2 Å². The maximum absolute atomic E-state index is 12.9. The lowest BCUT2D eigenvalue weighted by Crippen LogP contribution is -2.48. The van der Waals surface area contributed by atoms with Gasteiger partial charge >= 0.3 is 6.18 Å². The van der Waals surface area contributed by atoms with Gasteiger partial charge in [-0.25, -0.2) is 0 Å². The summed E-state index contributed by atoms with van der Waals surface area (Å²) in [5.41, 5.74) is 0.0337. The van der Waals surface area contributed by atoms with Gasteiger partial charge in [0.1, 0.15) is 6.54 Å². The molecule has 2 atom stereocenters. The third-order valence-electron chi connectivity index (χ3n) is 5.08. The molecule has 0 unspecified atom stereocenters. The summed E-state index contributed by atoms with van der Waals surface area (Å²) in [6.45, 7) is 3.89. The van der Waals surface area contributed by atoms with E-state index < -0.39 is 17.5 Å². The number of hydrogen-bond donors (Lipinski definition) is 0. The number of hydrogen-bond acceptors (Lipinski definition) is 2. The molecule has 26 heavy (non-hydrogen) atoms. The number of nitrogens with zero attached hydrogens (tertiary/aromatic N) is 2. The molecule has 0 spiro atoms. The topological polar surface area (TPSA) is 42.3 Å². The predicted octanol–water partition coefficient (Wildman–Crippen LogP) is 4.18. The maximum Gasteiger partial charge on any atom is 0.454 e. The van der Waals surface area contributed by atoms with Crippen LogP contribution in [-0.4, -0.2) is 39.4 Å². The van der Waals surface area contributed by atoms with Gasteiger partial charge in [-0.3, -0.25) is 9.59 Å². The molecule has 7 heteroatoms. The van der Waals surface area contributed by atoms with Gasteiger partial charge in [-0.1, -0.05) is 18.2 Å². The molecule has 1 amide bonds. The Labute approximate surface area is 149 Å². The number of halogens is 3. The van der Waals surface area contributed by atoms with E-state index in [1.807, 2.05) is 18.7 Å². The zero-order chi connectivity index (χ0) is 19.1. The van der Waals surface area contributed by atoms with E-state index in [0.717, 1.165) is 25.5 Å². The van der Waals surface area contributed by atoms with Gasteiger partial charge in [-0.15, -0.1) is 0 Å². The normalized spacial score (nSPS) is 21.2. The third-order valence-corrected chi connectivity index (χ3v) is 5.08. The third kappa shape index (κ3) is 3.34. The predicted molar refractivity (Wildman–Crippen MR) is 91.9 cm³/mol. The van der Waals surface area contributed by atoms with Crippen LogP contribution in [-0.2, 0) is 11.3 Å². The lowest BCUT2D eigenvalue weighted by molar-refractivity contribution is -0.137. The quantitative estimate of drug-likeness (QED) is 0.765. The van der Waals surface area contributed by atoms with Crippen LogP contribution in [0.25, 0.3) is 10.9 Å². The zero-order valence-corrected chi connectivity index (χ0v) is 14.7. The summed E-state index contributed by atoms with van der Waals surface area (Å²) in [6.07, 6.45) is -0.907. The standard InChI is InChI=1S/C19H21F3N2O2/c1-12-6-5-7-13(2)24(12)17(25)11-23-10-15(18(26)19(20,21)22)14-8-3-4-9-16(14)23/h3-4,8-10,12-13H,5-7,11H2,1-2H3/t12-,13-/m1/s1. The molecule has 140 valence electrons. The molecule has 0 N–H and O–H groups in total. The summed E-state index contributed by atoms with van der Waals surface area (Å²) in [4.78, 5) is 26.4. The minimum atomic E-state index is -4.95. The summed E-state index contributed by atoms with van der Waals surface area (Å²) in [6, 6.07) is 6.56. The smallest absolute Gasteiger partial charge is 0.337 e. The fraction of sp³-hybridized carbons (Fsp3) is 0.474. The number of aromatic nitrogens is 1. The molecule has 0 bridgehead atoms. The SMILES string of the molecule is C[C@@H]1CCC[C@@H](C)N1C(=O)Cn1cc(C(=O)C(F)(F)F)c2ccccc21.